The molecule has 6 rings (SSSR count). The van der Waals surface area contributed by atoms with Gasteiger partial charge in [0.1, 0.15) is 21.6 Å². The van der Waals surface area contributed by atoms with Gasteiger partial charge in [-0.1, -0.05) is 4.80 Å². The number of oxazole rings is 1. The molecule has 0 radical (unpaired) electrons. The summed E-state index contributed by atoms with van der Waals surface area (Å²) in [4.78, 5) is 39.1. The lowest BCUT2D eigenvalue weighted by atomic mass is 9.70. The van der Waals surface area contributed by atoms with Crippen molar-refractivity contribution in [2.75, 3.05) is 18.4 Å². The van der Waals surface area contributed by atoms with Crippen LogP contribution in [0.25, 0.3) is 22.6 Å². The van der Waals surface area contributed by atoms with Gasteiger partial charge < -0.3 is 14.6 Å². The molecule has 0 aliphatic carbocycles. The number of carbonyl (C=O) groups excluding carboxylic acids is 2. The summed E-state index contributed by atoms with van der Waals surface area (Å²) in [5.74, 6) is -1.77. The van der Waals surface area contributed by atoms with Gasteiger partial charge in [-0.25, -0.2) is 18.7 Å². The number of hydrogen-bond acceptors (Lipinski definition) is 10. The number of nitrogens with zero attached hydrogens (tertiary/aromatic N) is 8. The summed E-state index contributed by atoms with van der Waals surface area (Å²) >= 11 is 0.953. The second kappa shape index (κ2) is 11.7. The Labute approximate surface area is 250 Å². The van der Waals surface area contributed by atoms with Crippen LogP contribution in [0.5, 0.6) is 0 Å². The normalized spacial score (nSPS) is 15.7. The summed E-state index contributed by atoms with van der Waals surface area (Å²) in [6.45, 7) is -1.58. The van der Waals surface area contributed by atoms with E-state index >= 15 is 8.78 Å². The van der Waals surface area contributed by atoms with Gasteiger partial charge in [-0.3, -0.25) is 14.6 Å². The number of pyridine rings is 1. The molecule has 1 unspecified atom stereocenters. The Morgan fingerprint density at radius 2 is 1.89 bits per heavy atom. The number of likely N-dealkylation sites (tertiary alicyclic amines) is 1. The van der Waals surface area contributed by atoms with E-state index in [9.17, 15) is 18.4 Å². The van der Waals surface area contributed by atoms with Crippen molar-refractivity contribution >= 4 is 39.9 Å². The van der Waals surface area contributed by atoms with E-state index in [0.29, 0.717) is 22.4 Å². The number of tetrazole rings is 1. The quantitative estimate of drug-likeness (QED) is 0.240. The van der Waals surface area contributed by atoms with Gasteiger partial charge in [0.05, 0.1) is 0 Å². The first-order chi connectivity index (χ1) is 21.2. The molecule has 17 heteroatoms. The standard InChI is InChI=1S/C27H23F4N9O3S/c1-14(41)34-17-2-3-20-18(13-17)35-21(43-20)15-4-7-32-19(12-15)22(42)39-9-5-16(6-10-39)27(23(28)29,25-33-8-11-44-25)24-36-38-40(37-24)26(30)31/h2-4,7-8,11-13,16,23,26H,5-6,9-10H2,1H3,(H,34,41). The van der Waals surface area contributed by atoms with Crippen LogP contribution in [0.4, 0.5) is 23.2 Å². The van der Waals surface area contributed by atoms with Crippen LogP contribution in [0.3, 0.4) is 0 Å². The Bertz CT molecular complexity index is 1800. The van der Waals surface area contributed by atoms with Crippen molar-refractivity contribution in [2.45, 2.75) is 38.2 Å². The van der Waals surface area contributed by atoms with Gasteiger partial charge in [0.2, 0.25) is 11.8 Å². The second-order valence-electron chi connectivity index (χ2n) is 10.1. The van der Waals surface area contributed by atoms with E-state index in [1.165, 1.54) is 35.7 Å². The molecule has 0 saturated carbocycles. The van der Waals surface area contributed by atoms with Gasteiger partial charge in [0.25, 0.3) is 12.3 Å². The van der Waals surface area contributed by atoms with Crippen molar-refractivity contribution < 1.29 is 31.6 Å². The van der Waals surface area contributed by atoms with Crippen molar-refractivity contribution in [3.05, 3.63) is 64.6 Å². The fourth-order valence-electron chi connectivity index (χ4n) is 5.44. The van der Waals surface area contributed by atoms with Gasteiger partial charge in [0, 0.05) is 49.0 Å². The Hall–Kier alpha value is -4.80. The lowest BCUT2D eigenvalue weighted by Gasteiger charge is -2.41. The van der Waals surface area contributed by atoms with E-state index < -0.39 is 36.0 Å². The van der Waals surface area contributed by atoms with E-state index in [4.69, 9.17) is 4.42 Å². The summed E-state index contributed by atoms with van der Waals surface area (Å²) in [6.07, 6.45) is -0.0964. The fourth-order valence-corrected chi connectivity index (χ4v) is 6.35. The number of rotatable bonds is 8. The number of aromatic nitrogens is 7. The Balaban J connectivity index is 1.22. The Kier molecular flexibility index (Phi) is 7.79. The van der Waals surface area contributed by atoms with Gasteiger partial charge in [-0.2, -0.15) is 8.78 Å². The van der Waals surface area contributed by atoms with Crippen LogP contribution < -0.4 is 5.32 Å². The maximum Gasteiger partial charge on any atom is 0.350 e. The SMILES string of the molecule is CC(=O)Nc1ccc2oc(-c3ccnc(C(=O)N4CCC(C(c5nnn(C(F)F)n5)(c5nccs5)C(F)F)CC4)c3)nc2c1. The number of nitrogens with one attached hydrogen (secondary N) is 1. The molecule has 1 atom stereocenters. The number of thiazole rings is 1. The van der Waals surface area contributed by atoms with Crippen molar-refractivity contribution in [1.29, 1.82) is 0 Å². The van der Waals surface area contributed by atoms with Crippen LogP contribution in [-0.2, 0) is 10.2 Å². The first-order valence-corrected chi connectivity index (χ1v) is 14.2. The molecule has 1 saturated heterocycles. The number of anilines is 1. The highest BCUT2D eigenvalue weighted by atomic mass is 32.1. The minimum Gasteiger partial charge on any atom is -0.436 e. The third-order valence-corrected chi connectivity index (χ3v) is 8.39. The third-order valence-electron chi connectivity index (χ3n) is 7.46. The smallest absolute Gasteiger partial charge is 0.350 e. The number of piperidine rings is 1. The highest BCUT2D eigenvalue weighted by Crippen LogP contribution is 2.47. The molecule has 1 N–H and O–H groups in total. The number of hydrogen-bond donors (Lipinski definition) is 1. The van der Waals surface area contributed by atoms with E-state index in [1.54, 1.807) is 24.3 Å². The molecule has 0 spiro atoms. The third kappa shape index (κ3) is 5.27. The minimum atomic E-state index is -3.15. The van der Waals surface area contributed by atoms with Gasteiger partial charge in [-0.05, 0) is 54.3 Å². The van der Waals surface area contributed by atoms with Gasteiger partial charge in [0.15, 0.2) is 11.4 Å². The molecule has 5 aromatic rings. The van der Waals surface area contributed by atoms with Crippen LogP contribution in [0, 0.1) is 5.92 Å². The first-order valence-electron chi connectivity index (χ1n) is 13.4. The summed E-state index contributed by atoms with van der Waals surface area (Å²) in [5.41, 5.74) is -0.0520. The highest BCUT2D eigenvalue weighted by molar-refractivity contribution is 7.09. The molecule has 5 heterocycles. The molecule has 12 nitrogen and oxygen atoms in total. The summed E-state index contributed by atoms with van der Waals surface area (Å²) in [6, 6.07) is 8.17. The van der Waals surface area contributed by atoms with Crippen LogP contribution in [0.1, 0.15) is 47.6 Å². The molecular weight excluding hydrogens is 606 g/mol. The predicted molar refractivity (Wildman–Crippen MR) is 148 cm³/mol. The maximum absolute atomic E-state index is 15.0. The zero-order valence-corrected chi connectivity index (χ0v) is 23.7. The Morgan fingerprint density at radius 1 is 1.09 bits per heavy atom. The monoisotopic (exact) mass is 629 g/mol. The zero-order chi connectivity index (χ0) is 31.0. The van der Waals surface area contributed by atoms with E-state index in [2.05, 4.69) is 35.7 Å². The van der Waals surface area contributed by atoms with Crippen molar-refractivity contribution in [2.24, 2.45) is 5.92 Å². The zero-order valence-electron chi connectivity index (χ0n) is 22.9. The van der Waals surface area contributed by atoms with Crippen molar-refractivity contribution in [3.63, 3.8) is 0 Å². The summed E-state index contributed by atoms with van der Waals surface area (Å²) in [5, 5.41) is 14.7. The van der Waals surface area contributed by atoms with Crippen LogP contribution >= 0.6 is 11.3 Å². The fraction of sp³-hybridized carbons (Fsp3) is 0.333. The number of carbonyl (C=O) groups is 2. The molecule has 2 amide bonds. The van der Waals surface area contributed by atoms with E-state index in [1.807, 2.05) is 0 Å². The minimum absolute atomic E-state index is 0.00378. The van der Waals surface area contributed by atoms with Crippen molar-refractivity contribution in [3.8, 4) is 11.5 Å². The molecule has 1 aromatic carbocycles. The molecule has 1 aliphatic heterocycles. The van der Waals surface area contributed by atoms with Crippen LogP contribution in [0.2, 0.25) is 0 Å². The topological polar surface area (TPSA) is 145 Å². The Morgan fingerprint density at radius 3 is 2.55 bits per heavy atom. The molecular formula is C27H23F4N9O3S. The lowest BCUT2D eigenvalue weighted by molar-refractivity contribution is -0.114. The number of alkyl halides is 4. The highest BCUT2D eigenvalue weighted by Gasteiger charge is 2.56. The van der Waals surface area contributed by atoms with Crippen LogP contribution in [-0.4, -0.2) is 71.4 Å². The average molecular weight is 630 g/mol. The molecule has 0 bridgehead atoms. The molecule has 4 aromatic heterocycles. The summed E-state index contributed by atoms with van der Waals surface area (Å²) < 4.78 is 62.3. The molecule has 44 heavy (non-hydrogen) atoms. The van der Waals surface area contributed by atoms with E-state index in [-0.39, 0.29) is 53.2 Å². The summed E-state index contributed by atoms with van der Waals surface area (Å²) in [7, 11) is 0. The predicted octanol–water partition coefficient (Wildman–Crippen LogP) is 4.79. The van der Waals surface area contributed by atoms with Gasteiger partial charge in [-0.15, -0.1) is 21.5 Å². The number of halogens is 4. The first kappa shape index (κ1) is 29.3. The van der Waals surface area contributed by atoms with Gasteiger partial charge >= 0.3 is 6.55 Å². The molecule has 1 fully saturated rings. The largest absolute Gasteiger partial charge is 0.436 e. The van der Waals surface area contributed by atoms with Crippen LogP contribution in [0.15, 0.2) is 52.5 Å². The lowest BCUT2D eigenvalue weighted by Crippen LogP contribution is -2.50. The maximum atomic E-state index is 15.0. The number of benzene rings is 1. The molecule has 1 aliphatic rings. The number of amides is 2. The second-order valence-corrected chi connectivity index (χ2v) is 11.0. The molecule has 228 valence electrons. The van der Waals surface area contributed by atoms with Crippen molar-refractivity contribution in [1.82, 2.24) is 40.1 Å². The average Bonchev–Trinajstić information content (AvgIpc) is 3.79. The number of fused-ring (bicyclic) bond motifs is 1. The van der Waals surface area contributed by atoms with E-state index in [0.717, 1.165) is 11.3 Å².